The van der Waals surface area contributed by atoms with Crippen LogP contribution in [-0.4, -0.2) is 22.3 Å². The van der Waals surface area contributed by atoms with E-state index in [9.17, 15) is 13.2 Å². The lowest BCUT2D eigenvalue weighted by Gasteiger charge is -2.09. The van der Waals surface area contributed by atoms with E-state index in [0.717, 1.165) is 13.0 Å². The Balaban J connectivity index is 2.29. The van der Waals surface area contributed by atoms with Crippen molar-refractivity contribution in [3.05, 3.63) is 18.2 Å². The van der Waals surface area contributed by atoms with Crippen LogP contribution in [0.5, 0.6) is 0 Å². The summed E-state index contributed by atoms with van der Waals surface area (Å²) in [5, 5.41) is 0. The molecule has 0 saturated heterocycles. The molecule has 92 valence electrons. The van der Waals surface area contributed by atoms with Gasteiger partial charge in [-0.1, -0.05) is 6.92 Å². The normalized spacial score (nSPS) is 12.0. The topological polar surface area (TPSA) is 39.1 Å². The molecule has 0 unspecified atom stereocenters. The molecule has 0 aromatic carbocycles. The summed E-state index contributed by atoms with van der Waals surface area (Å²) in [6, 6.07) is 0. The van der Waals surface area contributed by atoms with Crippen molar-refractivity contribution in [3.63, 3.8) is 0 Å². The molecule has 1 aromatic heterocycles. The second kappa shape index (κ2) is 5.86. The average Bonchev–Trinajstić information content (AvgIpc) is 2.60. The molecule has 0 aliphatic rings. The van der Waals surface area contributed by atoms with Gasteiger partial charge in [-0.05, 0) is 6.42 Å². The minimum absolute atomic E-state index is 0.156. The van der Waals surface area contributed by atoms with Gasteiger partial charge in [0, 0.05) is 18.9 Å². The van der Waals surface area contributed by atoms with Gasteiger partial charge < -0.3 is 4.57 Å². The first-order chi connectivity index (χ1) is 7.53. The first-order valence-electron chi connectivity index (χ1n) is 4.94. The number of nitrogens with zero attached hydrogens (tertiary/aromatic N) is 2. The van der Waals surface area contributed by atoms with Gasteiger partial charge in [-0.15, -0.1) is 0 Å². The van der Waals surface area contributed by atoms with Gasteiger partial charge in [-0.2, -0.15) is 18.7 Å². The summed E-state index contributed by atoms with van der Waals surface area (Å²) in [4.78, 5) is 8.28. The Morgan fingerprint density at radius 1 is 1.50 bits per heavy atom. The average molecular weight is 237 g/mol. The zero-order valence-corrected chi connectivity index (χ0v) is 8.92. The lowest BCUT2D eigenvalue weighted by atomic mass is 10.4. The van der Waals surface area contributed by atoms with Crippen LogP contribution < -0.4 is 5.48 Å². The highest BCUT2D eigenvalue weighted by molar-refractivity contribution is 4.91. The highest BCUT2D eigenvalue weighted by Gasteiger charge is 2.27. The summed E-state index contributed by atoms with van der Waals surface area (Å²) in [6.07, 6.45) is 0.0132. The summed E-state index contributed by atoms with van der Waals surface area (Å²) in [5.41, 5.74) is 2.24. The maximum absolute atomic E-state index is 11.7. The molecule has 0 aliphatic heterocycles. The summed E-state index contributed by atoms with van der Waals surface area (Å²) < 4.78 is 37.1. The van der Waals surface area contributed by atoms with E-state index in [2.05, 4.69) is 15.3 Å². The van der Waals surface area contributed by atoms with Crippen LogP contribution in [0, 0.1) is 0 Å². The molecule has 1 heterocycles. The monoisotopic (exact) mass is 237 g/mol. The lowest BCUT2D eigenvalue weighted by molar-refractivity contribution is -0.190. The number of hydrogen-bond acceptors (Lipinski definition) is 3. The number of halogens is 3. The number of aryl methyl sites for hydroxylation is 1. The fraction of sp³-hybridized carbons (Fsp3) is 0.667. The third-order valence-electron chi connectivity index (χ3n) is 1.83. The maximum Gasteiger partial charge on any atom is 0.413 e. The van der Waals surface area contributed by atoms with E-state index < -0.39 is 12.8 Å². The predicted molar refractivity (Wildman–Crippen MR) is 51.4 cm³/mol. The standard InChI is InChI=1S/C9H14F3N3O/c1-2-4-15-5-3-13-8(15)6-14-16-7-9(10,11)12/h3,5,14H,2,4,6-7H2,1H3. The fourth-order valence-electron chi connectivity index (χ4n) is 1.20. The minimum atomic E-state index is -4.31. The Bertz CT molecular complexity index is 311. The van der Waals surface area contributed by atoms with Gasteiger partial charge in [-0.3, -0.25) is 4.84 Å². The molecule has 0 atom stereocenters. The highest BCUT2D eigenvalue weighted by atomic mass is 19.4. The van der Waals surface area contributed by atoms with E-state index in [1.54, 1.807) is 12.4 Å². The molecule has 0 spiro atoms. The minimum Gasteiger partial charge on any atom is -0.334 e. The van der Waals surface area contributed by atoms with Gasteiger partial charge in [0.05, 0.1) is 6.54 Å². The van der Waals surface area contributed by atoms with Gasteiger partial charge in [0.1, 0.15) is 5.82 Å². The van der Waals surface area contributed by atoms with Gasteiger partial charge in [0.25, 0.3) is 0 Å². The van der Waals surface area contributed by atoms with Crippen molar-refractivity contribution in [1.82, 2.24) is 15.0 Å². The molecule has 0 amide bonds. The lowest BCUT2D eigenvalue weighted by Crippen LogP contribution is -2.25. The second-order valence-electron chi connectivity index (χ2n) is 3.26. The molecule has 4 nitrogen and oxygen atoms in total. The molecule has 0 aliphatic carbocycles. The van der Waals surface area contributed by atoms with Crippen molar-refractivity contribution >= 4 is 0 Å². The molecule has 1 N–H and O–H groups in total. The molecular formula is C9H14F3N3O. The van der Waals surface area contributed by atoms with E-state index in [4.69, 9.17) is 0 Å². The van der Waals surface area contributed by atoms with Crippen LogP contribution in [-0.2, 0) is 17.9 Å². The van der Waals surface area contributed by atoms with Crippen molar-refractivity contribution in [2.45, 2.75) is 32.6 Å². The summed E-state index contributed by atoms with van der Waals surface area (Å²) in [7, 11) is 0. The van der Waals surface area contributed by atoms with Crippen LogP contribution in [0.4, 0.5) is 13.2 Å². The van der Waals surface area contributed by atoms with Gasteiger partial charge >= 0.3 is 6.18 Å². The molecule has 0 radical (unpaired) electrons. The fourth-order valence-corrected chi connectivity index (χ4v) is 1.20. The molecule has 1 aromatic rings. The number of hydrogen-bond donors (Lipinski definition) is 1. The van der Waals surface area contributed by atoms with E-state index in [0.29, 0.717) is 5.82 Å². The molecule has 0 bridgehead atoms. The van der Waals surface area contributed by atoms with Gasteiger partial charge in [0.15, 0.2) is 6.61 Å². The van der Waals surface area contributed by atoms with E-state index in [1.807, 2.05) is 11.5 Å². The van der Waals surface area contributed by atoms with Crippen LogP contribution in [0.2, 0.25) is 0 Å². The largest absolute Gasteiger partial charge is 0.413 e. The Morgan fingerprint density at radius 2 is 2.25 bits per heavy atom. The molecule has 0 saturated carbocycles. The number of aromatic nitrogens is 2. The molecule has 7 heteroatoms. The Morgan fingerprint density at radius 3 is 2.88 bits per heavy atom. The maximum atomic E-state index is 11.7. The predicted octanol–water partition coefficient (Wildman–Crippen LogP) is 1.88. The first kappa shape index (κ1) is 13.0. The number of imidazole rings is 1. The smallest absolute Gasteiger partial charge is 0.334 e. The number of rotatable bonds is 6. The first-order valence-corrected chi connectivity index (χ1v) is 4.94. The van der Waals surface area contributed by atoms with E-state index in [1.165, 1.54) is 0 Å². The number of alkyl halides is 3. The van der Waals surface area contributed by atoms with E-state index in [-0.39, 0.29) is 6.54 Å². The second-order valence-corrected chi connectivity index (χ2v) is 3.26. The van der Waals surface area contributed by atoms with Crippen molar-refractivity contribution in [2.75, 3.05) is 6.61 Å². The van der Waals surface area contributed by atoms with E-state index >= 15 is 0 Å². The van der Waals surface area contributed by atoms with Crippen molar-refractivity contribution in [1.29, 1.82) is 0 Å². The molecule has 0 fully saturated rings. The zero-order chi connectivity index (χ0) is 12.0. The van der Waals surface area contributed by atoms with Gasteiger partial charge in [-0.25, -0.2) is 4.98 Å². The molecular weight excluding hydrogens is 223 g/mol. The molecule has 1 rings (SSSR count). The number of nitrogens with one attached hydrogen (secondary N) is 1. The Kier molecular flexibility index (Phi) is 4.75. The summed E-state index contributed by atoms with van der Waals surface area (Å²) in [5.74, 6) is 0.657. The third-order valence-corrected chi connectivity index (χ3v) is 1.83. The summed E-state index contributed by atoms with van der Waals surface area (Å²) >= 11 is 0. The van der Waals surface area contributed by atoms with Crippen LogP contribution in [0.3, 0.4) is 0 Å². The highest BCUT2D eigenvalue weighted by Crippen LogP contribution is 2.13. The SMILES string of the molecule is CCCn1ccnc1CNOCC(F)(F)F. The Labute approximate surface area is 91.4 Å². The van der Waals surface area contributed by atoms with Crippen LogP contribution in [0.1, 0.15) is 19.2 Å². The molecule has 16 heavy (non-hydrogen) atoms. The van der Waals surface area contributed by atoms with Crippen LogP contribution in [0.15, 0.2) is 12.4 Å². The van der Waals surface area contributed by atoms with Crippen LogP contribution in [0.25, 0.3) is 0 Å². The quantitative estimate of drug-likeness (QED) is 0.606. The zero-order valence-electron chi connectivity index (χ0n) is 8.92. The Hall–Kier alpha value is -1.08. The van der Waals surface area contributed by atoms with Crippen molar-refractivity contribution < 1.29 is 18.0 Å². The third kappa shape index (κ3) is 4.63. The van der Waals surface area contributed by atoms with Gasteiger partial charge in [0.2, 0.25) is 0 Å². The van der Waals surface area contributed by atoms with Crippen LogP contribution >= 0.6 is 0 Å². The number of hydroxylamine groups is 1. The van der Waals surface area contributed by atoms with Crippen molar-refractivity contribution in [3.8, 4) is 0 Å². The summed E-state index contributed by atoms with van der Waals surface area (Å²) in [6.45, 7) is 1.65. The van der Waals surface area contributed by atoms with Crippen molar-refractivity contribution in [2.24, 2.45) is 0 Å².